The maximum absolute atomic E-state index is 11.1. The van der Waals surface area contributed by atoms with E-state index in [0.29, 0.717) is 0 Å². The second kappa shape index (κ2) is 3.12. The summed E-state index contributed by atoms with van der Waals surface area (Å²) in [7, 11) is 0. The van der Waals surface area contributed by atoms with Crippen LogP contribution in [0.3, 0.4) is 0 Å². The van der Waals surface area contributed by atoms with Crippen molar-refractivity contribution in [2.24, 2.45) is 11.8 Å². The average Bonchev–Trinajstić information content (AvgIpc) is 2.72. The van der Waals surface area contributed by atoms with E-state index < -0.39 is 5.60 Å². The zero-order valence-electron chi connectivity index (χ0n) is 8.11. The third-order valence-corrected chi connectivity index (χ3v) is 3.27. The Kier molecular flexibility index (Phi) is 2.06. The van der Waals surface area contributed by atoms with Gasteiger partial charge in [0.2, 0.25) is 0 Å². The Labute approximate surface area is 83.9 Å². The van der Waals surface area contributed by atoms with E-state index in [9.17, 15) is 4.79 Å². The van der Waals surface area contributed by atoms with Crippen LogP contribution in [0.1, 0.15) is 12.8 Å². The van der Waals surface area contributed by atoms with Crippen LogP contribution in [0.15, 0.2) is 37.5 Å². The van der Waals surface area contributed by atoms with Gasteiger partial charge in [0.25, 0.3) is 0 Å². The first-order valence-electron chi connectivity index (χ1n) is 4.90. The topological polar surface area (TPSA) is 26.3 Å². The van der Waals surface area contributed by atoms with E-state index in [1.165, 1.54) is 6.08 Å². The van der Waals surface area contributed by atoms with Gasteiger partial charge in [-0.15, -0.1) is 13.2 Å². The molecule has 0 aromatic heterocycles. The van der Waals surface area contributed by atoms with Gasteiger partial charge in [-0.25, -0.2) is 4.79 Å². The molecule has 1 aliphatic carbocycles. The van der Waals surface area contributed by atoms with Crippen molar-refractivity contribution in [3.63, 3.8) is 0 Å². The lowest BCUT2D eigenvalue weighted by atomic mass is 9.84. The molecule has 2 aliphatic rings. The van der Waals surface area contributed by atoms with Crippen molar-refractivity contribution >= 4 is 5.97 Å². The van der Waals surface area contributed by atoms with Gasteiger partial charge in [-0.05, 0) is 18.9 Å². The van der Waals surface area contributed by atoms with Crippen LogP contribution in [-0.2, 0) is 9.53 Å². The summed E-state index contributed by atoms with van der Waals surface area (Å²) in [5.74, 6) is 0.215. The van der Waals surface area contributed by atoms with Gasteiger partial charge in [0.15, 0.2) is 0 Å². The summed E-state index contributed by atoms with van der Waals surface area (Å²) in [5.41, 5.74) is -0.472. The lowest BCUT2D eigenvalue weighted by Crippen LogP contribution is -2.37. The number of hydrogen-bond acceptors (Lipinski definition) is 2. The molecule has 0 saturated heterocycles. The smallest absolute Gasteiger partial charge is 0.331 e. The molecule has 0 unspecified atom stereocenters. The second-order valence-corrected chi connectivity index (χ2v) is 3.87. The van der Waals surface area contributed by atoms with Crippen molar-refractivity contribution in [2.75, 3.05) is 0 Å². The molecule has 1 saturated carbocycles. The van der Waals surface area contributed by atoms with Gasteiger partial charge in [-0.1, -0.05) is 12.2 Å². The lowest BCUT2D eigenvalue weighted by molar-refractivity contribution is -0.149. The largest absolute Gasteiger partial charge is 0.450 e. The number of ether oxygens (including phenoxy) is 1. The van der Waals surface area contributed by atoms with E-state index in [1.807, 2.05) is 18.2 Å². The predicted molar refractivity (Wildman–Crippen MR) is 54.6 cm³/mol. The maximum atomic E-state index is 11.1. The van der Waals surface area contributed by atoms with Crippen LogP contribution in [0, 0.1) is 11.8 Å². The normalized spacial score (nSPS) is 33.3. The number of esters is 1. The molecule has 2 nitrogen and oxygen atoms in total. The van der Waals surface area contributed by atoms with Crippen LogP contribution >= 0.6 is 0 Å². The van der Waals surface area contributed by atoms with Gasteiger partial charge >= 0.3 is 5.97 Å². The molecule has 74 valence electrons. The highest BCUT2D eigenvalue weighted by atomic mass is 16.6. The van der Waals surface area contributed by atoms with Crippen LogP contribution in [0.25, 0.3) is 0 Å². The van der Waals surface area contributed by atoms with Crippen molar-refractivity contribution in [2.45, 2.75) is 18.4 Å². The molecule has 2 atom stereocenters. The third kappa shape index (κ3) is 1.07. The van der Waals surface area contributed by atoms with Crippen molar-refractivity contribution in [1.82, 2.24) is 0 Å². The molecule has 2 heteroatoms. The minimum atomic E-state index is -0.472. The van der Waals surface area contributed by atoms with E-state index in [2.05, 4.69) is 13.2 Å². The Balaban J connectivity index is 2.36. The first-order valence-corrected chi connectivity index (χ1v) is 4.90. The fourth-order valence-electron chi connectivity index (χ4n) is 2.53. The first kappa shape index (κ1) is 9.25. The van der Waals surface area contributed by atoms with Gasteiger partial charge in [-0.3, -0.25) is 0 Å². The first-order chi connectivity index (χ1) is 6.73. The molecular formula is C12H14O2. The zero-order chi connectivity index (χ0) is 10.2. The van der Waals surface area contributed by atoms with E-state index in [1.54, 1.807) is 0 Å². The highest BCUT2D eigenvalue weighted by Crippen LogP contribution is 2.47. The molecule has 0 aromatic carbocycles. The Morgan fingerprint density at radius 3 is 2.29 bits per heavy atom. The number of hydrogen-bond donors (Lipinski definition) is 0. The van der Waals surface area contributed by atoms with E-state index >= 15 is 0 Å². The lowest BCUT2D eigenvalue weighted by Gasteiger charge is -2.31. The highest BCUT2D eigenvalue weighted by Gasteiger charge is 2.51. The molecule has 0 aromatic rings. The van der Waals surface area contributed by atoms with Crippen LogP contribution in [0.2, 0.25) is 0 Å². The SMILES string of the molecule is C=C[C@@H]1CC[C@@H](C=C)C12C=CC(=O)O2. The van der Waals surface area contributed by atoms with Gasteiger partial charge in [0.1, 0.15) is 5.60 Å². The number of rotatable bonds is 2. The van der Waals surface area contributed by atoms with Crippen molar-refractivity contribution in [1.29, 1.82) is 0 Å². The quantitative estimate of drug-likeness (QED) is 0.493. The van der Waals surface area contributed by atoms with Crippen LogP contribution in [0.4, 0.5) is 0 Å². The summed E-state index contributed by atoms with van der Waals surface area (Å²) in [5, 5.41) is 0. The van der Waals surface area contributed by atoms with Crippen molar-refractivity contribution in [3.05, 3.63) is 37.5 Å². The monoisotopic (exact) mass is 190 g/mol. The third-order valence-electron chi connectivity index (χ3n) is 3.27. The second-order valence-electron chi connectivity index (χ2n) is 3.87. The summed E-state index contributed by atoms with van der Waals surface area (Å²) in [6.07, 6.45) is 9.17. The molecular weight excluding hydrogens is 176 g/mol. The predicted octanol–water partition coefficient (Wildman–Crippen LogP) is 2.24. The summed E-state index contributed by atoms with van der Waals surface area (Å²) in [6.45, 7) is 7.59. The van der Waals surface area contributed by atoms with Gasteiger partial charge in [-0.2, -0.15) is 0 Å². The molecule has 0 radical (unpaired) electrons. The van der Waals surface area contributed by atoms with Crippen LogP contribution < -0.4 is 0 Å². The summed E-state index contributed by atoms with van der Waals surface area (Å²) in [6, 6.07) is 0. The molecule has 0 amide bonds. The maximum Gasteiger partial charge on any atom is 0.331 e. The molecule has 1 fully saturated rings. The molecule has 2 rings (SSSR count). The summed E-state index contributed by atoms with van der Waals surface area (Å²) >= 11 is 0. The molecule has 1 aliphatic heterocycles. The molecule has 1 heterocycles. The van der Waals surface area contributed by atoms with Crippen LogP contribution in [0.5, 0.6) is 0 Å². The molecule has 14 heavy (non-hydrogen) atoms. The van der Waals surface area contributed by atoms with E-state index in [4.69, 9.17) is 4.74 Å². The molecule has 1 spiro atoms. The van der Waals surface area contributed by atoms with Crippen LogP contribution in [-0.4, -0.2) is 11.6 Å². The Bertz CT molecular complexity index is 298. The Morgan fingerprint density at radius 2 is 1.93 bits per heavy atom. The molecule has 0 bridgehead atoms. The van der Waals surface area contributed by atoms with Gasteiger partial charge in [0.05, 0.1) is 0 Å². The van der Waals surface area contributed by atoms with E-state index in [0.717, 1.165) is 12.8 Å². The average molecular weight is 190 g/mol. The Hall–Kier alpha value is -1.31. The van der Waals surface area contributed by atoms with Crippen molar-refractivity contribution in [3.8, 4) is 0 Å². The van der Waals surface area contributed by atoms with Crippen molar-refractivity contribution < 1.29 is 9.53 Å². The standard InChI is InChI=1S/C12H14O2/c1-3-9-5-6-10(4-2)12(9)8-7-11(13)14-12/h3-4,7-10H,1-2,5-6H2/t9-,10-/m1/s1. The van der Waals surface area contributed by atoms with Gasteiger partial charge < -0.3 is 4.74 Å². The van der Waals surface area contributed by atoms with Gasteiger partial charge in [0, 0.05) is 17.9 Å². The Morgan fingerprint density at radius 1 is 1.36 bits per heavy atom. The molecule has 0 N–H and O–H groups in total. The highest BCUT2D eigenvalue weighted by molar-refractivity contribution is 5.85. The van der Waals surface area contributed by atoms with E-state index in [-0.39, 0.29) is 17.8 Å². The number of carbonyl (C=O) groups is 1. The fraction of sp³-hybridized carbons (Fsp3) is 0.417. The minimum Gasteiger partial charge on any atom is -0.450 e. The zero-order valence-corrected chi connectivity index (χ0v) is 8.11. The minimum absolute atomic E-state index is 0.230. The fourth-order valence-corrected chi connectivity index (χ4v) is 2.53. The number of carbonyl (C=O) groups excluding carboxylic acids is 1. The summed E-state index contributed by atoms with van der Waals surface area (Å²) in [4.78, 5) is 11.1. The summed E-state index contributed by atoms with van der Waals surface area (Å²) < 4.78 is 5.42.